The molecular formula is C15H23NO2. The second-order valence-electron chi connectivity index (χ2n) is 6.46. The molecule has 3 heteroatoms. The van der Waals surface area contributed by atoms with Crippen molar-refractivity contribution < 1.29 is 9.53 Å². The molecule has 18 heavy (non-hydrogen) atoms. The van der Waals surface area contributed by atoms with E-state index in [2.05, 4.69) is 5.92 Å². The van der Waals surface area contributed by atoms with E-state index < -0.39 is 5.60 Å². The maximum atomic E-state index is 12.3. The summed E-state index contributed by atoms with van der Waals surface area (Å²) in [4.78, 5) is 14.2. The normalized spacial score (nSPS) is 31.7. The monoisotopic (exact) mass is 249 g/mol. The molecule has 0 saturated carbocycles. The van der Waals surface area contributed by atoms with Gasteiger partial charge in [0.15, 0.2) is 0 Å². The van der Waals surface area contributed by atoms with Crippen molar-refractivity contribution in [3.63, 3.8) is 0 Å². The van der Waals surface area contributed by atoms with Gasteiger partial charge in [0.25, 0.3) is 0 Å². The number of amides is 1. The highest BCUT2D eigenvalue weighted by molar-refractivity contribution is 5.69. The van der Waals surface area contributed by atoms with Crippen molar-refractivity contribution in [3.8, 4) is 12.3 Å². The first-order chi connectivity index (χ1) is 8.40. The summed E-state index contributed by atoms with van der Waals surface area (Å²) in [6, 6.07) is 0.571. The van der Waals surface area contributed by atoms with Crippen molar-refractivity contribution in [1.29, 1.82) is 0 Å². The van der Waals surface area contributed by atoms with Crippen LogP contribution in [0.15, 0.2) is 0 Å². The van der Waals surface area contributed by atoms with Crippen molar-refractivity contribution in [2.24, 2.45) is 5.92 Å². The minimum atomic E-state index is -0.422. The zero-order valence-corrected chi connectivity index (χ0v) is 11.6. The summed E-state index contributed by atoms with van der Waals surface area (Å²) in [5.74, 6) is 3.19. The molecule has 0 aliphatic carbocycles. The summed E-state index contributed by atoms with van der Waals surface area (Å²) >= 11 is 0. The highest BCUT2D eigenvalue weighted by Gasteiger charge is 2.41. The number of nitrogens with zero attached hydrogens (tertiary/aromatic N) is 1. The number of rotatable bonds is 0. The molecule has 3 nitrogen and oxygen atoms in total. The molecule has 0 aromatic heterocycles. The molecular weight excluding hydrogens is 226 g/mol. The van der Waals surface area contributed by atoms with Gasteiger partial charge in [-0.25, -0.2) is 4.79 Å². The lowest BCUT2D eigenvalue weighted by atomic mass is 9.79. The molecule has 0 spiro atoms. The van der Waals surface area contributed by atoms with Crippen molar-refractivity contribution >= 4 is 6.09 Å². The summed E-state index contributed by atoms with van der Waals surface area (Å²) in [6.07, 6.45) is 10.6. The number of piperidine rings is 2. The number of carbonyl (C=O) groups excluding carboxylic acids is 1. The minimum Gasteiger partial charge on any atom is -0.444 e. The van der Waals surface area contributed by atoms with Gasteiger partial charge in [0.05, 0.1) is 0 Å². The summed E-state index contributed by atoms with van der Waals surface area (Å²) in [5.41, 5.74) is -0.422. The number of fused-ring (bicyclic) bond motifs is 2. The van der Waals surface area contributed by atoms with Crippen molar-refractivity contribution in [2.45, 2.75) is 70.6 Å². The van der Waals surface area contributed by atoms with E-state index in [0.717, 1.165) is 25.7 Å². The second-order valence-corrected chi connectivity index (χ2v) is 6.46. The molecule has 2 bridgehead atoms. The van der Waals surface area contributed by atoms with Crippen LogP contribution in [0.2, 0.25) is 0 Å². The molecule has 0 aromatic carbocycles. The van der Waals surface area contributed by atoms with Gasteiger partial charge in [-0.15, -0.1) is 12.3 Å². The number of hydrogen-bond acceptors (Lipinski definition) is 2. The number of ether oxygens (including phenoxy) is 1. The number of carbonyl (C=O) groups is 1. The summed E-state index contributed by atoms with van der Waals surface area (Å²) < 4.78 is 5.52. The Balaban J connectivity index is 2.09. The molecule has 2 heterocycles. The summed E-state index contributed by atoms with van der Waals surface area (Å²) in [5, 5.41) is 0. The fourth-order valence-corrected chi connectivity index (χ4v) is 3.13. The van der Waals surface area contributed by atoms with Crippen molar-refractivity contribution in [3.05, 3.63) is 0 Å². The molecule has 1 amide bonds. The average Bonchev–Trinajstić information content (AvgIpc) is 2.24. The maximum absolute atomic E-state index is 12.3. The van der Waals surface area contributed by atoms with E-state index in [9.17, 15) is 4.79 Å². The van der Waals surface area contributed by atoms with Gasteiger partial charge < -0.3 is 9.64 Å². The lowest BCUT2D eigenvalue weighted by Crippen LogP contribution is -2.55. The van der Waals surface area contributed by atoms with Crippen LogP contribution in [0.25, 0.3) is 0 Å². The Kier molecular flexibility index (Phi) is 3.56. The molecule has 2 rings (SSSR count). The predicted octanol–water partition coefficient (Wildman–Crippen LogP) is 3.19. The molecule has 2 aliphatic heterocycles. The predicted molar refractivity (Wildman–Crippen MR) is 71.1 cm³/mol. The summed E-state index contributed by atoms with van der Waals surface area (Å²) in [7, 11) is 0. The molecule has 100 valence electrons. The molecule has 2 saturated heterocycles. The zero-order valence-electron chi connectivity index (χ0n) is 11.6. The van der Waals surface area contributed by atoms with Gasteiger partial charge in [0.2, 0.25) is 0 Å². The fraction of sp³-hybridized carbons (Fsp3) is 0.800. The third kappa shape index (κ3) is 2.80. The van der Waals surface area contributed by atoms with Crippen LogP contribution < -0.4 is 0 Å². The molecule has 2 aliphatic rings. The third-order valence-electron chi connectivity index (χ3n) is 3.81. The van der Waals surface area contributed by atoms with E-state index in [4.69, 9.17) is 11.2 Å². The zero-order chi connectivity index (χ0) is 13.3. The minimum absolute atomic E-state index is 0.160. The molecule has 0 radical (unpaired) electrons. The van der Waals surface area contributed by atoms with Crippen LogP contribution in [0.3, 0.4) is 0 Å². The van der Waals surface area contributed by atoms with E-state index in [1.165, 1.54) is 6.42 Å². The van der Waals surface area contributed by atoms with Gasteiger partial charge in [0, 0.05) is 18.0 Å². The Hall–Kier alpha value is -1.17. The molecule has 3 atom stereocenters. The topological polar surface area (TPSA) is 29.5 Å². The van der Waals surface area contributed by atoms with Gasteiger partial charge in [-0.1, -0.05) is 0 Å². The van der Waals surface area contributed by atoms with Gasteiger partial charge in [0.1, 0.15) is 5.60 Å². The van der Waals surface area contributed by atoms with Gasteiger partial charge >= 0.3 is 6.09 Å². The van der Waals surface area contributed by atoms with E-state index in [-0.39, 0.29) is 18.2 Å². The fourth-order valence-electron chi connectivity index (χ4n) is 3.13. The molecule has 1 unspecified atom stereocenters. The van der Waals surface area contributed by atoms with Crippen molar-refractivity contribution in [2.75, 3.05) is 0 Å². The lowest BCUT2D eigenvalue weighted by molar-refractivity contribution is -0.0233. The van der Waals surface area contributed by atoms with Crippen LogP contribution in [-0.4, -0.2) is 28.7 Å². The number of hydrogen-bond donors (Lipinski definition) is 0. The SMILES string of the molecule is C#C[C@H]1CC2CCC[C@H](C1)N2C(=O)OC(C)(C)C. The van der Waals surface area contributed by atoms with Gasteiger partial charge in [-0.05, 0) is 52.9 Å². The van der Waals surface area contributed by atoms with Gasteiger partial charge in [-0.3, -0.25) is 0 Å². The summed E-state index contributed by atoms with van der Waals surface area (Å²) in [6.45, 7) is 5.73. The molecule has 0 N–H and O–H groups in total. The first kappa shape index (κ1) is 13.3. The Bertz CT molecular complexity index is 350. The first-order valence-corrected chi connectivity index (χ1v) is 6.88. The van der Waals surface area contributed by atoms with E-state index >= 15 is 0 Å². The highest BCUT2D eigenvalue weighted by Crippen LogP contribution is 2.37. The first-order valence-electron chi connectivity index (χ1n) is 6.88. The van der Waals surface area contributed by atoms with E-state index in [1.807, 2.05) is 25.7 Å². The lowest BCUT2D eigenvalue weighted by Gasteiger charge is -2.47. The number of terminal acetylenes is 1. The highest BCUT2D eigenvalue weighted by atomic mass is 16.6. The van der Waals surface area contributed by atoms with Crippen LogP contribution in [0.4, 0.5) is 4.79 Å². The quantitative estimate of drug-likeness (QED) is 0.617. The van der Waals surface area contributed by atoms with Crippen molar-refractivity contribution in [1.82, 2.24) is 4.90 Å². The smallest absolute Gasteiger partial charge is 0.410 e. The van der Waals surface area contributed by atoms with Crippen LogP contribution in [0.5, 0.6) is 0 Å². The maximum Gasteiger partial charge on any atom is 0.410 e. The Morgan fingerprint density at radius 1 is 1.28 bits per heavy atom. The average molecular weight is 249 g/mol. The Morgan fingerprint density at radius 2 is 1.83 bits per heavy atom. The van der Waals surface area contributed by atoms with E-state index in [1.54, 1.807) is 0 Å². The largest absolute Gasteiger partial charge is 0.444 e. The van der Waals surface area contributed by atoms with E-state index in [0.29, 0.717) is 5.92 Å². The second kappa shape index (κ2) is 4.84. The van der Waals surface area contributed by atoms with Crippen LogP contribution >= 0.6 is 0 Å². The van der Waals surface area contributed by atoms with Crippen LogP contribution in [0, 0.1) is 18.3 Å². The van der Waals surface area contributed by atoms with Crippen LogP contribution in [-0.2, 0) is 4.74 Å². The molecule has 2 fully saturated rings. The standard InChI is InChI=1S/C15H23NO2/c1-5-11-9-12-7-6-8-13(10-11)16(12)14(17)18-15(2,3)4/h1,11-13H,6-10H2,2-4H3/t11-,12-,13?/m1/s1. The van der Waals surface area contributed by atoms with Gasteiger partial charge in [-0.2, -0.15) is 0 Å². The Labute approximate surface area is 110 Å². The Morgan fingerprint density at radius 3 is 2.28 bits per heavy atom. The third-order valence-corrected chi connectivity index (χ3v) is 3.81. The van der Waals surface area contributed by atoms with Crippen LogP contribution in [0.1, 0.15) is 52.9 Å². The molecule has 0 aromatic rings.